The zero-order chi connectivity index (χ0) is 30.0. The molecule has 43 heavy (non-hydrogen) atoms. The Bertz CT molecular complexity index is 1410. The normalized spacial score (nSPS) is 20.9. The van der Waals surface area contributed by atoms with Crippen LogP contribution in [-0.2, 0) is 4.74 Å². The molecule has 0 bridgehead atoms. The van der Waals surface area contributed by atoms with E-state index in [4.69, 9.17) is 26.8 Å². The molecule has 9 nitrogen and oxygen atoms in total. The van der Waals surface area contributed by atoms with Crippen LogP contribution in [0.5, 0.6) is 0 Å². The Balaban J connectivity index is 0.00000368. The number of carbonyl (C=O) groups is 1. The topological polar surface area (TPSA) is 98.5 Å². The van der Waals surface area contributed by atoms with Crippen molar-refractivity contribution < 1.29 is 9.53 Å². The largest absolute Gasteiger partial charge is 0.444 e. The van der Waals surface area contributed by atoms with E-state index < -0.39 is 5.60 Å². The zero-order valence-corrected chi connectivity index (χ0v) is 29.1. The van der Waals surface area contributed by atoms with Crippen molar-refractivity contribution in [1.82, 2.24) is 20.0 Å². The molecule has 4 aliphatic rings. The van der Waals surface area contributed by atoms with Gasteiger partial charge < -0.3 is 30.4 Å². The van der Waals surface area contributed by atoms with Crippen LogP contribution in [0.1, 0.15) is 83.2 Å². The van der Waals surface area contributed by atoms with Crippen molar-refractivity contribution in [2.24, 2.45) is 5.41 Å². The lowest BCUT2D eigenvalue weighted by atomic mass is 9.61. The third kappa shape index (κ3) is 5.67. The van der Waals surface area contributed by atoms with Crippen molar-refractivity contribution in [2.45, 2.75) is 91.3 Å². The Hall–Kier alpha value is -1.62. The summed E-state index contributed by atoms with van der Waals surface area (Å²) < 4.78 is 7.83. The number of ether oxygens (including phenoxy) is 1. The number of halogens is 2. The number of carbonyl (C=O) groups excluding carboxylic acids is 1. The Morgan fingerprint density at radius 3 is 2.56 bits per heavy atom. The van der Waals surface area contributed by atoms with Gasteiger partial charge in [0, 0.05) is 78.8 Å². The van der Waals surface area contributed by atoms with E-state index in [0.29, 0.717) is 11.4 Å². The highest BCUT2D eigenvalue weighted by atomic mass is 127. The fourth-order valence-corrected chi connectivity index (χ4v) is 8.92. The van der Waals surface area contributed by atoms with E-state index >= 15 is 0 Å². The van der Waals surface area contributed by atoms with Crippen LogP contribution in [0.3, 0.4) is 0 Å². The average Bonchev–Trinajstić information content (AvgIpc) is 3.18. The number of amides is 1. The van der Waals surface area contributed by atoms with Gasteiger partial charge in [-0.15, -0.1) is 0 Å². The highest BCUT2D eigenvalue weighted by molar-refractivity contribution is 14.2. The van der Waals surface area contributed by atoms with Crippen molar-refractivity contribution >= 4 is 63.8 Å². The smallest absolute Gasteiger partial charge is 0.410 e. The molecule has 2 saturated heterocycles. The SMILES string of the molecule is C.Cc1cc(NPI)c(C=N)c(-c2c(N3CCNCC34CCC4)nn(C3CC4(C3)CN(C(=O)OC(C)(C)C)C4)c2C)c1Cl. The molecule has 2 aliphatic heterocycles. The van der Waals surface area contributed by atoms with Gasteiger partial charge in [0.15, 0.2) is 5.82 Å². The molecule has 0 radical (unpaired) electrons. The quantitative estimate of drug-likeness (QED) is 0.160. The van der Waals surface area contributed by atoms with Gasteiger partial charge in [0.1, 0.15) is 5.60 Å². The number of aryl methyl sites for hydroxylation is 1. The maximum absolute atomic E-state index is 12.6. The number of hydrogen-bond donors (Lipinski definition) is 3. The molecule has 2 aliphatic carbocycles. The fourth-order valence-electron chi connectivity index (χ4n) is 7.49. The third-order valence-electron chi connectivity index (χ3n) is 9.66. The number of aromatic nitrogens is 2. The maximum atomic E-state index is 12.6. The number of likely N-dealkylation sites (tertiary alicyclic amines) is 1. The lowest BCUT2D eigenvalue weighted by molar-refractivity contribution is -0.0930. The van der Waals surface area contributed by atoms with Crippen LogP contribution < -0.4 is 15.3 Å². The molecule has 2 aromatic rings. The summed E-state index contributed by atoms with van der Waals surface area (Å²) in [6.07, 6.45) is 7.22. The first kappa shape index (κ1) is 32.8. The van der Waals surface area contributed by atoms with Gasteiger partial charge in [0.05, 0.1) is 16.6 Å². The molecule has 3 heterocycles. The first-order chi connectivity index (χ1) is 19.9. The first-order valence-corrected chi connectivity index (χ1v) is 19.4. The molecule has 4 fully saturated rings. The Morgan fingerprint density at radius 2 is 1.98 bits per heavy atom. The van der Waals surface area contributed by atoms with Gasteiger partial charge in [-0.3, -0.25) is 4.68 Å². The van der Waals surface area contributed by atoms with Gasteiger partial charge >= 0.3 is 6.09 Å². The molecule has 1 aromatic carbocycles. The number of anilines is 2. The minimum Gasteiger partial charge on any atom is -0.444 e. The van der Waals surface area contributed by atoms with Crippen molar-refractivity contribution in [1.29, 1.82) is 5.41 Å². The van der Waals surface area contributed by atoms with Crippen LogP contribution in [0.4, 0.5) is 16.3 Å². The summed E-state index contributed by atoms with van der Waals surface area (Å²) in [5.74, 6) is 0.997. The molecule has 1 amide bonds. The Morgan fingerprint density at radius 1 is 1.28 bits per heavy atom. The van der Waals surface area contributed by atoms with Crippen molar-refractivity contribution in [2.75, 3.05) is 42.7 Å². The van der Waals surface area contributed by atoms with Crippen LogP contribution in [0, 0.1) is 24.7 Å². The van der Waals surface area contributed by atoms with E-state index in [1.54, 1.807) is 0 Å². The third-order valence-corrected chi connectivity index (χ3v) is 11.3. The van der Waals surface area contributed by atoms with Crippen LogP contribution in [-0.4, -0.2) is 70.9 Å². The standard InChI is InChI=1S/C30H42ClIN7O2P.CH4/c1-18-11-22(36-42-32)21(14-33)24(25(18)31)23-19(2)39(35-26(23)38-10-9-34-15-30(38)7-6-8-30)20-12-29(13-20)16-37(17-29)27(40)41-28(3,4)5;/h11,14,20,33-34,36,42H,6-10,12-13,15-17H2,1-5H3;1H4. The number of rotatable bonds is 6. The summed E-state index contributed by atoms with van der Waals surface area (Å²) in [7, 11) is 0. The molecule has 3 N–H and O–H groups in total. The highest BCUT2D eigenvalue weighted by Crippen LogP contribution is 2.56. The van der Waals surface area contributed by atoms with E-state index in [1.807, 2.05) is 32.6 Å². The predicted octanol–water partition coefficient (Wildman–Crippen LogP) is 7.71. The van der Waals surface area contributed by atoms with E-state index in [9.17, 15) is 4.79 Å². The summed E-state index contributed by atoms with van der Waals surface area (Å²) in [6.45, 7) is 14.2. The summed E-state index contributed by atoms with van der Waals surface area (Å²) >= 11 is 9.47. The highest BCUT2D eigenvalue weighted by Gasteiger charge is 2.56. The molecule has 1 unspecified atom stereocenters. The molecule has 236 valence electrons. The van der Waals surface area contributed by atoms with Gasteiger partial charge in [0.25, 0.3) is 0 Å². The zero-order valence-electron chi connectivity index (χ0n) is 25.2. The van der Waals surface area contributed by atoms with Crippen LogP contribution >= 0.6 is 40.0 Å². The second-order valence-electron chi connectivity index (χ2n) is 13.7. The Labute approximate surface area is 276 Å². The summed E-state index contributed by atoms with van der Waals surface area (Å²) in [5.41, 5.74) is 5.53. The van der Waals surface area contributed by atoms with Crippen molar-refractivity contribution in [3.05, 3.63) is 27.9 Å². The number of piperazine rings is 1. The molecule has 1 atom stereocenters. The van der Waals surface area contributed by atoms with E-state index in [0.717, 1.165) is 97.9 Å². The number of nitrogens with zero attached hydrogens (tertiary/aromatic N) is 4. The first-order valence-electron chi connectivity index (χ1n) is 14.9. The molecular weight excluding hydrogens is 696 g/mol. The monoisotopic (exact) mass is 741 g/mol. The molecule has 2 spiro atoms. The van der Waals surface area contributed by atoms with Gasteiger partial charge in [-0.05, 0) is 100 Å². The van der Waals surface area contributed by atoms with Gasteiger partial charge in [-0.2, -0.15) is 5.10 Å². The maximum Gasteiger partial charge on any atom is 0.410 e. The van der Waals surface area contributed by atoms with E-state index in [2.05, 4.69) is 55.0 Å². The summed E-state index contributed by atoms with van der Waals surface area (Å²) in [6, 6.07) is 2.32. The second kappa shape index (κ2) is 12.0. The van der Waals surface area contributed by atoms with Crippen molar-refractivity contribution in [3.63, 3.8) is 0 Å². The van der Waals surface area contributed by atoms with Crippen LogP contribution in [0.2, 0.25) is 5.02 Å². The van der Waals surface area contributed by atoms with E-state index in [1.165, 1.54) is 12.6 Å². The Kier molecular flexibility index (Phi) is 9.11. The number of nitrogens with one attached hydrogen (secondary N) is 3. The molecular formula is C31H46ClIN7O2P. The lowest BCUT2D eigenvalue weighted by Gasteiger charge is -2.58. The van der Waals surface area contributed by atoms with Gasteiger partial charge in [-0.1, -0.05) is 19.0 Å². The summed E-state index contributed by atoms with van der Waals surface area (Å²) in [5, 5.41) is 21.7. The predicted molar refractivity (Wildman–Crippen MR) is 188 cm³/mol. The summed E-state index contributed by atoms with van der Waals surface area (Å²) in [4.78, 5) is 17.0. The van der Waals surface area contributed by atoms with Crippen LogP contribution in [0.25, 0.3) is 11.1 Å². The fraction of sp³-hybridized carbons (Fsp3) is 0.645. The van der Waals surface area contributed by atoms with Gasteiger partial charge in [-0.25, -0.2) is 4.79 Å². The lowest BCUT2D eigenvalue weighted by Crippen LogP contribution is -2.65. The van der Waals surface area contributed by atoms with Crippen molar-refractivity contribution in [3.8, 4) is 11.1 Å². The number of benzene rings is 1. The minimum absolute atomic E-state index is 0. The minimum atomic E-state index is -0.484. The molecule has 1 aromatic heterocycles. The van der Waals surface area contributed by atoms with Crippen LogP contribution in [0.15, 0.2) is 6.07 Å². The average molecular weight is 742 g/mol. The molecule has 12 heteroatoms. The molecule has 2 saturated carbocycles. The number of hydrogen-bond acceptors (Lipinski definition) is 7. The second-order valence-corrected chi connectivity index (χ2v) is 16.2. The van der Waals surface area contributed by atoms with Gasteiger partial charge in [0.2, 0.25) is 0 Å². The molecule has 6 rings (SSSR count). The van der Waals surface area contributed by atoms with E-state index in [-0.39, 0.29) is 30.5 Å².